The lowest BCUT2D eigenvalue weighted by Gasteiger charge is -2.29. The molecule has 8 nitrogen and oxygen atoms in total. The van der Waals surface area contributed by atoms with Crippen molar-refractivity contribution in [1.82, 2.24) is 20.1 Å². The number of hydrogen-bond acceptors (Lipinski definition) is 6. The lowest BCUT2D eigenvalue weighted by Crippen LogP contribution is -2.34. The van der Waals surface area contributed by atoms with E-state index in [4.69, 9.17) is 0 Å². The number of rotatable bonds is 5. The van der Waals surface area contributed by atoms with Crippen LogP contribution in [0.5, 0.6) is 5.75 Å². The minimum absolute atomic E-state index is 0.0193. The third kappa shape index (κ3) is 4.89. The molecule has 2 aromatic heterocycles. The number of pyridine rings is 1. The van der Waals surface area contributed by atoms with Crippen molar-refractivity contribution in [3.8, 4) is 11.6 Å². The highest BCUT2D eigenvalue weighted by Crippen LogP contribution is 2.39. The lowest BCUT2D eigenvalue weighted by atomic mass is 9.81. The number of methoxy groups -OCH3 is 1. The normalized spacial score (nSPS) is 19.3. The molecule has 0 unspecified atom stereocenters. The van der Waals surface area contributed by atoms with E-state index < -0.39 is 24.0 Å². The van der Waals surface area contributed by atoms with Crippen molar-refractivity contribution in [2.45, 2.75) is 31.9 Å². The van der Waals surface area contributed by atoms with E-state index in [-0.39, 0.29) is 48.0 Å². The fourth-order valence-corrected chi connectivity index (χ4v) is 3.44. The van der Waals surface area contributed by atoms with E-state index in [1.807, 2.05) is 0 Å². The molecule has 0 bridgehead atoms. The SMILES string of the molecule is COC(=O)c1cnn(-c2ncc(C(=O)NCC3CCC(C(F)(F)F)CC3)cc2O)c1. The van der Waals surface area contributed by atoms with Crippen LogP contribution in [0.4, 0.5) is 13.2 Å². The van der Waals surface area contributed by atoms with Crippen LogP contribution in [0.3, 0.4) is 0 Å². The van der Waals surface area contributed by atoms with Crippen molar-refractivity contribution in [3.05, 3.63) is 35.8 Å². The number of esters is 1. The van der Waals surface area contributed by atoms with Gasteiger partial charge in [-0.05, 0) is 37.7 Å². The van der Waals surface area contributed by atoms with Gasteiger partial charge in [0.25, 0.3) is 5.91 Å². The molecule has 1 fully saturated rings. The number of amides is 1. The molecule has 11 heteroatoms. The molecule has 30 heavy (non-hydrogen) atoms. The highest BCUT2D eigenvalue weighted by atomic mass is 19.4. The lowest BCUT2D eigenvalue weighted by molar-refractivity contribution is -0.183. The molecule has 0 aromatic carbocycles. The Bertz CT molecular complexity index is 921. The maximum absolute atomic E-state index is 12.7. The zero-order valence-electron chi connectivity index (χ0n) is 16.1. The van der Waals surface area contributed by atoms with Gasteiger partial charge in [0.1, 0.15) is 0 Å². The summed E-state index contributed by atoms with van der Waals surface area (Å²) in [6.45, 7) is 0.258. The molecule has 0 radical (unpaired) electrons. The van der Waals surface area contributed by atoms with Crippen LogP contribution in [0, 0.1) is 11.8 Å². The standard InChI is InChI=1S/C19H21F3N4O4/c1-30-18(29)13-9-25-26(10-13)16-15(27)6-12(8-23-16)17(28)24-7-11-2-4-14(5-3-11)19(20,21)22/h6,8-11,14,27H,2-5,7H2,1H3,(H,24,28). The van der Waals surface area contributed by atoms with Gasteiger partial charge in [0.2, 0.25) is 0 Å². The Morgan fingerprint density at radius 2 is 1.93 bits per heavy atom. The maximum Gasteiger partial charge on any atom is 0.391 e. The number of aromatic nitrogens is 3. The van der Waals surface area contributed by atoms with Crippen molar-refractivity contribution in [1.29, 1.82) is 0 Å². The molecule has 3 rings (SSSR count). The highest BCUT2D eigenvalue weighted by Gasteiger charge is 2.41. The van der Waals surface area contributed by atoms with Gasteiger partial charge in [-0.2, -0.15) is 18.3 Å². The van der Waals surface area contributed by atoms with Gasteiger partial charge in [0.15, 0.2) is 11.6 Å². The summed E-state index contributed by atoms with van der Waals surface area (Å²) in [5, 5.41) is 16.8. The highest BCUT2D eigenvalue weighted by molar-refractivity contribution is 5.94. The minimum atomic E-state index is -4.16. The summed E-state index contributed by atoms with van der Waals surface area (Å²) in [4.78, 5) is 27.8. The zero-order valence-corrected chi connectivity index (χ0v) is 16.1. The van der Waals surface area contributed by atoms with Crippen molar-refractivity contribution < 1.29 is 32.6 Å². The molecule has 0 atom stereocenters. The average Bonchev–Trinajstić information content (AvgIpc) is 3.21. The number of aromatic hydroxyl groups is 1. The molecule has 1 aliphatic rings. The van der Waals surface area contributed by atoms with Gasteiger partial charge in [-0.15, -0.1) is 0 Å². The Morgan fingerprint density at radius 1 is 1.23 bits per heavy atom. The summed E-state index contributed by atoms with van der Waals surface area (Å²) >= 11 is 0. The van der Waals surface area contributed by atoms with E-state index in [0.29, 0.717) is 12.8 Å². The van der Waals surface area contributed by atoms with Gasteiger partial charge in [0.05, 0.1) is 30.4 Å². The number of hydrogen-bond donors (Lipinski definition) is 2. The third-order valence-corrected chi connectivity index (χ3v) is 5.19. The number of halogens is 3. The van der Waals surface area contributed by atoms with Crippen LogP contribution < -0.4 is 5.32 Å². The van der Waals surface area contributed by atoms with Gasteiger partial charge in [-0.25, -0.2) is 14.5 Å². The van der Waals surface area contributed by atoms with Gasteiger partial charge in [-0.3, -0.25) is 4.79 Å². The summed E-state index contributed by atoms with van der Waals surface area (Å²) in [6.07, 6.45) is 0.586. The fourth-order valence-electron chi connectivity index (χ4n) is 3.44. The number of nitrogens with zero attached hydrogens (tertiary/aromatic N) is 3. The smallest absolute Gasteiger partial charge is 0.391 e. The molecule has 1 amide bonds. The molecule has 1 saturated carbocycles. The second-order valence-electron chi connectivity index (χ2n) is 7.20. The first-order chi connectivity index (χ1) is 14.2. The maximum atomic E-state index is 12.7. The first kappa shape index (κ1) is 21.6. The predicted molar refractivity (Wildman–Crippen MR) is 98.2 cm³/mol. The second kappa shape index (κ2) is 8.72. The molecule has 0 saturated heterocycles. The number of nitrogens with one attached hydrogen (secondary N) is 1. The summed E-state index contributed by atoms with van der Waals surface area (Å²) in [5.41, 5.74) is 0.265. The average molecular weight is 426 g/mol. The molecular weight excluding hydrogens is 405 g/mol. The van der Waals surface area contributed by atoms with E-state index in [0.717, 1.165) is 0 Å². The van der Waals surface area contributed by atoms with E-state index in [9.17, 15) is 27.9 Å². The Balaban J connectivity index is 1.58. The van der Waals surface area contributed by atoms with Crippen molar-refractivity contribution in [2.75, 3.05) is 13.7 Å². The summed E-state index contributed by atoms with van der Waals surface area (Å²) in [7, 11) is 1.23. The quantitative estimate of drug-likeness (QED) is 0.713. The monoisotopic (exact) mass is 426 g/mol. The van der Waals surface area contributed by atoms with E-state index >= 15 is 0 Å². The van der Waals surface area contributed by atoms with Crippen LogP contribution in [0.15, 0.2) is 24.7 Å². The number of carbonyl (C=O) groups is 2. The first-order valence-corrected chi connectivity index (χ1v) is 9.36. The molecule has 0 aliphatic heterocycles. The number of carbonyl (C=O) groups excluding carboxylic acids is 2. The second-order valence-corrected chi connectivity index (χ2v) is 7.20. The molecular formula is C19H21F3N4O4. The topological polar surface area (TPSA) is 106 Å². The van der Waals surface area contributed by atoms with E-state index in [1.165, 1.54) is 36.4 Å². The minimum Gasteiger partial charge on any atom is -0.504 e. The third-order valence-electron chi connectivity index (χ3n) is 5.19. The summed E-state index contributed by atoms with van der Waals surface area (Å²) in [6, 6.07) is 1.21. The van der Waals surface area contributed by atoms with Crippen LogP contribution in [-0.4, -0.2) is 51.6 Å². The van der Waals surface area contributed by atoms with Gasteiger partial charge < -0.3 is 15.2 Å². The zero-order chi connectivity index (χ0) is 21.9. The Hall–Kier alpha value is -3.11. The predicted octanol–water partition coefficient (Wildman–Crippen LogP) is 2.86. The van der Waals surface area contributed by atoms with Crippen LogP contribution in [0.2, 0.25) is 0 Å². The largest absolute Gasteiger partial charge is 0.504 e. The summed E-state index contributed by atoms with van der Waals surface area (Å²) in [5.74, 6) is -2.67. The van der Waals surface area contributed by atoms with E-state index in [2.05, 4.69) is 20.1 Å². The Labute approximate surface area is 170 Å². The molecule has 2 aromatic rings. The van der Waals surface area contributed by atoms with Gasteiger partial charge >= 0.3 is 12.1 Å². The van der Waals surface area contributed by atoms with Crippen LogP contribution in [0.25, 0.3) is 5.82 Å². The van der Waals surface area contributed by atoms with Crippen LogP contribution >= 0.6 is 0 Å². The van der Waals surface area contributed by atoms with Crippen LogP contribution in [0.1, 0.15) is 46.4 Å². The number of alkyl halides is 3. The van der Waals surface area contributed by atoms with Crippen molar-refractivity contribution in [2.24, 2.45) is 11.8 Å². The van der Waals surface area contributed by atoms with Crippen LogP contribution in [-0.2, 0) is 4.74 Å². The Kier molecular flexibility index (Phi) is 6.28. The Morgan fingerprint density at radius 3 is 2.53 bits per heavy atom. The molecule has 0 spiro atoms. The van der Waals surface area contributed by atoms with Gasteiger partial charge in [0, 0.05) is 18.9 Å². The molecule has 1 aliphatic carbocycles. The number of ether oxygens (including phenoxy) is 1. The molecule has 2 heterocycles. The first-order valence-electron chi connectivity index (χ1n) is 9.36. The van der Waals surface area contributed by atoms with E-state index in [1.54, 1.807) is 0 Å². The summed E-state index contributed by atoms with van der Waals surface area (Å²) < 4.78 is 43.9. The molecule has 2 N–H and O–H groups in total. The molecule has 162 valence electrons. The fraction of sp³-hybridized carbons (Fsp3) is 0.474. The van der Waals surface area contributed by atoms with Gasteiger partial charge in [-0.1, -0.05) is 0 Å². The van der Waals surface area contributed by atoms with Crippen molar-refractivity contribution >= 4 is 11.9 Å². The van der Waals surface area contributed by atoms with Crippen molar-refractivity contribution in [3.63, 3.8) is 0 Å².